The smallest absolute Gasteiger partial charge is 0.0568 e. The fourth-order valence-electron chi connectivity index (χ4n) is 2.16. The van der Waals surface area contributed by atoms with Gasteiger partial charge in [0, 0.05) is 16.2 Å². The lowest BCUT2D eigenvalue weighted by atomic mass is 10.1. The summed E-state index contributed by atoms with van der Waals surface area (Å²) in [7, 11) is 0. The third kappa shape index (κ3) is 2.88. The number of rotatable bonds is 2. The molecule has 15 heavy (non-hydrogen) atoms. The first-order valence-corrected chi connectivity index (χ1v) is 6.54. The lowest BCUT2D eigenvalue weighted by Gasteiger charge is -2.14. The third-order valence-electron chi connectivity index (χ3n) is 2.99. The van der Waals surface area contributed by atoms with E-state index in [9.17, 15) is 0 Å². The molecule has 1 saturated carbocycles. The van der Waals surface area contributed by atoms with Crippen molar-refractivity contribution < 1.29 is 0 Å². The van der Waals surface area contributed by atoms with E-state index in [1.54, 1.807) is 0 Å². The van der Waals surface area contributed by atoms with Gasteiger partial charge in [-0.25, -0.2) is 0 Å². The number of anilines is 1. The molecule has 1 aliphatic rings. The number of benzene rings is 1. The van der Waals surface area contributed by atoms with Crippen LogP contribution in [0.5, 0.6) is 0 Å². The maximum absolute atomic E-state index is 6.04. The molecule has 3 heteroatoms. The fourth-order valence-corrected chi connectivity index (χ4v) is 2.59. The molecule has 0 aromatic heterocycles. The molecule has 2 rings (SSSR count). The van der Waals surface area contributed by atoms with Gasteiger partial charge in [-0.2, -0.15) is 0 Å². The lowest BCUT2D eigenvalue weighted by molar-refractivity contribution is 0.602. The van der Waals surface area contributed by atoms with E-state index in [0.717, 1.165) is 21.1 Å². The lowest BCUT2D eigenvalue weighted by Crippen LogP contribution is -2.15. The summed E-state index contributed by atoms with van der Waals surface area (Å²) in [5.41, 5.74) is 1.13. The molecule has 1 aliphatic carbocycles. The molecule has 0 heterocycles. The second kappa shape index (κ2) is 4.75. The highest BCUT2D eigenvalue weighted by Crippen LogP contribution is 2.30. The molecule has 82 valence electrons. The van der Waals surface area contributed by atoms with Crippen molar-refractivity contribution in [2.45, 2.75) is 32.2 Å². The molecule has 1 nitrogen and oxygen atoms in total. The van der Waals surface area contributed by atoms with E-state index in [4.69, 9.17) is 11.6 Å². The zero-order chi connectivity index (χ0) is 10.8. The van der Waals surface area contributed by atoms with Gasteiger partial charge in [0.25, 0.3) is 0 Å². The van der Waals surface area contributed by atoms with Gasteiger partial charge in [-0.1, -0.05) is 18.5 Å². The minimum absolute atomic E-state index is 0.622. The predicted octanol–water partition coefficient (Wildman–Crippen LogP) is 4.70. The molecule has 2 unspecified atom stereocenters. The van der Waals surface area contributed by atoms with Crippen LogP contribution < -0.4 is 5.32 Å². The van der Waals surface area contributed by atoms with Gasteiger partial charge in [-0.05, 0) is 59.3 Å². The Kier molecular flexibility index (Phi) is 3.57. The average molecular weight is 289 g/mol. The van der Waals surface area contributed by atoms with Crippen LogP contribution >= 0.6 is 27.5 Å². The fraction of sp³-hybridized carbons (Fsp3) is 0.500. The summed E-state index contributed by atoms with van der Waals surface area (Å²) >= 11 is 9.43. The monoisotopic (exact) mass is 287 g/mol. The van der Waals surface area contributed by atoms with Crippen LogP contribution in [0.4, 0.5) is 5.69 Å². The predicted molar refractivity (Wildman–Crippen MR) is 69.6 cm³/mol. The summed E-state index contributed by atoms with van der Waals surface area (Å²) in [6, 6.07) is 6.66. The Morgan fingerprint density at radius 3 is 2.80 bits per heavy atom. The maximum atomic E-state index is 6.04. The van der Waals surface area contributed by atoms with E-state index < -0.39 is 0 Å². The van der Waals surface area contributed by atoms with Gasteiger partial charge in [0.2, 0.25) is 0 Å². The summed E-state index contributed by atoms with van der Waals surface area (Å²) in [6.45, 7) is 2.32. The molecule has 0 spiro atoms. The molecule has 1 N–H and O–H groups in total. The Balaban J connectivity index is 2.02. The van der Waals surface area contributed by atoms with Gasteiger partial charge < -0.3 is 5.32 Å². The summed E-state index contributed by atoms with van der Waals surface area (Å²) < 4.78 is 0.953. The first-order valence-electron chi connectivity index (χ1n) is 5.37. The van der Waals surface area contributed by atoms with Crippen LogP contribution in [-0.4, -0.2) is 6.04 Å². The van der Waals surface area contributed by atoms with E-state index in [2.05, 4.69) is 34.2 Å². The van der Waals surface area contributed by atoms with Crippen molar-refractivity contribution in [1.82, 2.24) is 0 Å². The molecule has 0 bridgehead atoms. The van der Waals surface area contributed by atoms with E-state index >= 15 is 0 Å². The average Bonchev–Trinajstić information content (AvgIpc) is 2.58. The normalized spacial score (nSPS) is 25.5. The molecular formula is C12H15BrClN. The Bertz CT molecular complexity index is 353. The third-order valence-corrected chi connectivity index (χ3v) is 4.22. The molecule has 1 aromatic rings. The SMILES string of the molecule is CC1CCC(Nc2ccc(Br)c(Cl)c2)C1. The molecule has 1 aromatic carbocycles. The highest BCUT2D eigenvalue weighted by molar-refractivity contribution is 9.10. The standard InChI is InChI=1S/C12H15BrClN/c1-8-2-3-9(6-8)15-10-4-5-11(13)12(14)7-10/h4-5,7-9,15H,2-3,6H2,1H3. The molecular weight excluding hydrogens is 273 g/mol. The van der Waals surface area contributed by atoms with Crippen LogP contribution in [0, 0.1) is 5.92 Å². The number of nitrogens with one attached hydrogen (secondary N) is 1. The number of hydrogen-bond donors (Lipinski definition) is 1. The van der Waals surface area contributed by atoms with Crippen molar-refractivity contribution in [2.24, 2.45) is 5.92 Å². The highest BCUT2D eigenvalue weighted by Gasteiger charge is 2.20. The summed E-state index contributed by atoms with van der Waals surface area (Å²) in [5, 5.41) is 4.30. The summed E-state index contributed by atoms with van der Waals surface area (Å²) in [5.74, 6) is 0.855. The van der Waals surface area contributed by atoms with Crippen LogP contribution in [0.3, 0.4) is 0 Å². The zero-order valence-electron chi connectivity index (χ0n) is 8.76. The van der Waals surface area contributed by atoms with Gasteiger partial charge in [0.15, 0.2) is 0 Å². The quantitative estimate of drug-likeness (QED) is 0.831. The minimum Gasteiger partial charge on any atom is -0.382 e. The molecule has 2 atom stereocenters. The maximum Gasteiger partial charge on any atom is 0.0568 e. The number of hydrogen-bond acceptors (Lipinski definition) is 1. The van der Waals surface area contributed by atoms with Gasteiger partial charge >= 0.3 is 0 Å². The van der Waals surface area contributed by atoms with Gasteiger partial charge in [-0.15, -0.1) is 0 Å². The van der Waals surface area contributed by atoms with E-state index in [1.165, 1.54) is 19.3 Å². The second-order valence-electron chi connectivity index (χ2n) is 4.39. The Morgan fingerprint density at radius 1 is 1.40 bits per heavy atom. The second-order valence-corrected chi connectivity index (χ2v) is 5.65. The van der Waals surface area contributed by atoms with E-state index in [0.29, 0.717) is 6.04 Å². The summed E-state index contributed by atoms with van der Waals surface area (Å²) in [4.78, 5) is 0. The van der Waals surface area contributed by atoms with Crippen LogP contribution in [-0.2, 0) is 0 Å². The zero-order valence-corrected chi connectivity index (χ0v) is 11.1. The van der Waals surface area contributed by atoms with Crippen molar-refractivity contribution in [3.8, 4) is 0 Å². The van der Waals surface area contributed by atoms with Crippen molar-refractivity contribution in [3.05, 3.63) is 27.7 Å². The van der Waals surface area contributed by atoms with Crippen LogP contribution in [0.15, 0.2) is 22.7 Å². The Labute approximate surface area is 104 Å². The minimum atomic E-state index is 0.622. The molecule has 0 radical (unpaired) electrons. The molecule has 0 aliphatic heterocycles. The van der Waals surface area contributed by atoms with Gasteiger partial charge in [0.05, 0.1) is 5.02 Å². The van der Waals surface area contributed by atoms with Crippen LogP contribution in [0.2, 0.25) is 5.02 Å². The highest BCUT2D eigenvalue weighted by atomic mass is 79.9. The Morgan fingerprint density at radius 2 is 2.20 bits per heavy atom. The number of halogens is 2. The summed E-state index contributed by atoms with van der Waals surface area (Å²) in [6.07, 6.45) is 3.88. The van der Waals surface area contributed by atoms with Crippen molar-refractivity contribution in [2.75, 3.05) is 5.32 Å². The van der Waals surface area contributed by atoms with E-state index in [-0.39, 0.29) is 0 Å². The molecule has 1 fully saturated rings. The van der Waals surface area contributed by atoms with Crippen molar-refractivity contribution in [1.29, 1.82) is 0 Å². The van der Waals surface area contributed by atoms with Crippen molar-refractivity contribution in [3.63, 3.8) is 0 Å². The molecule has 0 saturated heterocycles. The van der Waals surface area contributed by atoms with Crippen LogP contribution in [0.25, 0.3) is 0 Å². The van der Waals surface area contributed by atoms with Gasteiger partial charge in [-0.3, -0.25) is 0 Å². The topological polar surface area (TPSA) is 12.0 Å². The van der Waals surface area contributed by atoms with Crippen LogP contribution in [0.1, 0.15) is 26.2 Å². The molecule has 0 amide bonds. The van der Waals surface area contributed by atoms with E-state index in [1.807, 2.05) is 12.1 Å². The van der Waals surface area contributed by atoms with Crippen molar-refractivity contribution >= 4 is 33.2 Å². The largest absolute Gasteiger partial charge is 0.382 e. The first kappa shape index (κ1) is 11.3. The van der Waals surface area contributed by atoms with Gasteiger partial charge in [0.1, 0.15) is 0 Å². The Hall–Kier alpha value is -0.210. The first-order chi connectivity index (χ1) is 7.15.